The van der Waals surface area contributed by atoms with Crippen molar-refractivity contribution in [2.45, 2.75) is 6.04 Å². The number of anilines is 1. The quantitative estimate of drug-likeness (QED) is 0.404. The van der Waals surface area contributed by atoms with E-state index in [9.17, 15) is 0 Å². The van der Waals surface area contributed by atoms with Crippen LogP contribution in [0.1, 0.15) is 11.6 Å². The van der Waals surface area contributed by atoms with Crippen molar-refractivity contribution in [1.29, 1.82) is 0 Å². The van der Waals surface area contributed by atoms with Gasteiger partial charge in [0.15, 0.2) is 0 Å². The molecule has 0 saturated carbocycles. The maximum Gasteiger partial charge on any atom is 0.237 e. The highest BCUT2D eigenvalue weighted by atomic mass is 35.5. The van der Waals surface area contributed by atoms with E-state index >= 15 is 0 Å². The van der Waals surface area contributed by atoms with Gasteiger partial charge >= 0.3 is 0 Å². The van der Waals surface area contributed by atoms with Gasteiger partial charge in [0, 0.05) is 29.6 Å². The highest BCUT2D eigenvalue weighted by molar-refractivity contribution is 6.30. The zero-order chi connectivity index (χ0) is 21.8. The number of ether oxygens (including phenoxy) is 2. The molecule has 1 fully saturated rings. The third kappa shape index (κ3) is 4.66. The lowest BCUT2D eigenvalue weighted by Gasteiger charge is -2.26. The first kappa shape index (κ1) is 20.3. The molecule has 0 spiro atoms. The molecule has 0 amide bonds. The Morgan fingerprint density at radius 3 is 2.41 bits per heavy atom. The van der Waals surface area contributed by atoms with Gasteiger partial charge in [-0.3, -0.25) is 10.3 Å². The fourth-order valence-electron chi connectivity index (χ4n) is 3.70. The van der Waals surface area contributed by atoms with E-state index in [1.807, 2.05) is 48.5 Å². The fourth-order valence-corrected chi connectivity index (χ4v) is 3.83. The summed E-state index contributed by atoms with van der Waals surface area (Å²) in [6.07, 6.45) is 4.84. The molecule has 7 heteroatoms. The number of hydrogen-bond donors (Lipinski definition) is 1. The Morgan fingerprint density at radius 2 is 1.66 bits per heavy atom. The first-order chi connectivity index (χ1) is 15.7. The van der Waals surface area contributed by atoms with Crippen molar-refractivity contribution in [3.63, 3.8) is 0 Å². The Balaban J connectivity index is 1.31. The van der Waals surface area contributed by atoms with Crippen LogP contribution in [0.2, 0.25) is 5.02 Å². The first-order valence-electron chi connectivity index (χ1n) is 10.3. The summed E-state index contributed by atoms with van der Waals surface area (Å²) in [7, 11) is 0. The number of halogens is 1. The molecule has 1 aliphatic rings. The molecule has 1 aliphatic heterocycles. The van der Waals surface area contributed by atoms with E-state index in [2.05, 4.69) is 44.5 Å². The smallest absolute Gasteiger partial charge is 0.237 e. The van der Waals surface area contributed by atoms with Crippen LogP contribution >= 0.6 is 11.6 Å². The summed E-state index contributed by atoms with van der Waals surface area (Å²) in [6.45, 7) is 1.61. The van der Waals surface area contributed by atoms with Gasteiger partial charge in [-0.15, -0.1) is 0 Å². The molecule has 0 unspecified atom stereocenters. The van der Waals surface area contributed by atoms with Gasteiger partial charge in [0.1, 0.15) is 17.2 Å². The van der Waals surface area contributed by atoms with Gasteiger partial charge < -0.3 is 14.4 Å². The van der Waals surface area contributed by atoms with Crippen molar-refractivity contribution < 1.29 is 9.47 Å². The summed E-state index contributed by atoms with van der Waals surface area (Å²) in [5, 5.41) is 4.15. The lowest BCUT2D eigenvalue weighted by molar-refractivity contribution is 0.459. The average Bonchev–Trinajstić information content (AvgIpc) is 3.32. The molecular formula is C25H21ClN4O2. The molecule has 4 aromatic rings. The molecule has 1 aromatic heterocycles. The van der Waals surface area contributed by atoms with E-state index in [0.29, 0.717) is 10.9 Å². The molecule has 1 N–H and O–H groups in total. The molecule has 5 rings (SSSR count). The summed E-state index contributed by atoms with van der Waals surface area (Å²) < 4.78 is 11.8. The standard InChI is InChI=1S/C25H21ClN4O2/c26-19-4-8-21(9-5-19)31-22-10-6-20(7-11-22)30-17-28-15-24(30)18-2-1-3-23(14-18)32-25-16-27-12-13-29-25/h1-14,16,24,28H,15,17H2/t24-/m1/s1. The lowest BCUT2D eigenvalue weighted by atomic mass is 10.1. The van der Waals surface area contributed by atoms with Crippen LogP contribution < -0.4 is 19.7 Å². The second-order valence-corrected chi connectivity index (χ2v) is 7.80. The molecule has 32 heavy (non-hydrogen) atoms. The van der Waals surface area contributed by atoms with Gasteiger partial charge in [-0.05, 0) is 66.2 Å². The Kier molecular flexibility index (Phi) is 5.87. The van der Waals surface area contributed by atoms with Gasteiger partial charge in [-0.1, -0.05) is 23.7 Å². The summed E-state index contributed by atoms with van der Waals surface area (Å²) >= 11 is 5.94. The van der Waals surface area contributed by atoms with Crippen LogP contribution in [0.15, 0.2) is 91.4 Å². The zero-order valence-corrected chi connectivity index (χ0v) is 17.9. The van der Waals surface area contributed by atoms with Crippen molar-refractivity contribution in [3.05, 3.63) is 102 Å². The minimum Gasteiger partial charge on any atom is -0.457 e. The van der Waals surface area contributed by atoms with Crippen LogP contribution in [0.4, 0.5) is 5.69 Å². The van der Waals surface area contributed by atoms with Crippen molar-refractivity contribution in [2.75, 3.05) is 18.1 Å². The number of nitrogens with zero attached hydrogens (tertiary/aromatic N) is 3. The minimum absolute atomic E-state index is 0.184. The van der Waals surface area contributed by atoms with E-state index in [4.69, 9.17) is 21.1 Å². The molecule has 0 bridgehead atoms. The van der Waals surface area contributed by atoms with Gasteiger partial charge in [0.2, 0.25) is 5.88 Å². The van der Waals surface area contributed by atoms with Crippen LogP contribution in [0.3, 0.4) is 0 Å². The molecule has 6 nitrogen and oxygen atoms in total. The minimum atomic E-state index is 0.184. The maximum absolute atomic E-state index is 5.94. The second-order valence-electron chi connectivity index (χ2n) is 7.37. The Bertz CT molecular complexity index is 1170. The second kappa shape index (κ2) is 9.26. The van der Waals surface area contributed by atoms with Crippen molar-refractivity contribution in [2.24, 2.45) is 0 Å². The van der Waals surface area contributed by atoms with Gasteiger partial charge in [-0.25, -0.2) is 4.98 Å². The third-order valence-corrected chi connectivity index (χ3v) is 5.47. The molecule has 2 heterocycles. The summed E-state index contributed by atoms with van der Waals surface area (Å²) in [5.41, 5.74) is 2.28. The van der Waals surface area contributed by atoms with Crippen molar-refractivity contribution >= 4 is 17.3 Å². The van der Waals surface area contributed by atoms with Crippen LogP contribution in [-0.4, -0.2) is 23.2 Å². The van der Waals surface area contributed by atoms with E-state index < -0.39 is 0 Å². The number of benzene rings is 3. The number of rotatable bonds is 6. The normalized spacial score (nSPS) is 15.5. The summed E-state index contributed by atoms with van der Waals surface area (Å²) in [6, 6.07) is 23.7. The van der Waals surface area contributed by atoms with Crippen LogP contribution in [0.25, 0.3) is 0 Å². The van der Waals surface area contributed by atoms with Crippen molar-refractivity contribution in [3.8, 4) is 23.1 Å². The van der Waals surface area contributed by atoms with Crippen LogP contribution in [0, 0.1) is 0 Å². The predicted octanol–water partition coefficient (Wildman–Crippen LogP) is 5.82. The highest BCUT2D eigenvalue weighted by Crippen LogP contribution is 2.33. The van der Waals surface area contributed by atoms with Crippen LogP contribution in [-0.2, 0) is 0 Å². The van der Waals surface area contributed by atoms with E-state index in [-0.39, 0.29) is 6.04 Å². The molecule has 160 valence electrons. The Hall–Kier alpha value is -3.61. The van der Waals surface area contributed by atoms with Gasteiger partial charge in [0.25, 0.3) is 0 Å². The SMILES string of the molecule is Clc1ccc(Oc2ccc(N3CNC[C@@H]3c3cccc(Oc4cnccn4)c3)cc2)cc1. The van der Waals surface area contributed by atoms with Gasteiger partial charge in [-0.2, -0.15) is 0 Å². The largest absolute Gasteiger partial charge is 0.457 e. The number of hydrogen-bond acceptors (Lipinski definition) is 6. The molecule has 1 saturated heterocycles. The molecular weight excluding hydrogens is 424 g/mol. The van der Waals surface area contributed by atoms with Crippen LogP contribution in [0.5, 0.6) is 23.1 Å². The first-order valence-corrected chi connectivity index (χ1v) is 10.7. The summed E-state index contributed by atoms with van der Waals surface area (Å²) in [4.78, 5) is 10.6. The fraction of sp³-hybridized carbons (Fsp3) is 0.120. The van der Waals surface area contributed by atoms with Gasteiger partial charge in [0.05, 0.1) is 18.9 Å². The monoisotopic (exact) mass is 444 g/mol. The maximum atomic E-state index is 5.94. The summed E-state index contributed by atoms with van der Waals surface area (Å²) in [5.74, 6) is 2.74. The van der Waals surface area contributed by atoms with E-state index in [0.717, 1.165) is 41.7 Å². The van der Waals surface area contributed by atoms with Crippen molar-refractivity contribution in [1.82, 2.24) is 15.3 Å². The molecule has 0 aliphatic carbocycles. The topological polar surface area (TPSA) is 59.5 Å². The number of aromatic nitrogens is 2. The highest BCUT2D eigenvalue weighted by Gasteiger charge is 2.26. The zero-order valence-electron chi connectivity index (χ0n) is 17.2. The molecule has 1 atom stereocenters. The van der Waals surface area contributed by atoms with E-state index in [1.165, 1.54) is 0 Å². The molecule has 3 aromatic carbocycles. The lowest BCUT2D eigenvalue weighted by Crippen LogP contribution is -2.24. The third-order valence-electron chi connectivity index (χ3n) is 5.22. The Labute approximate surface area is 191 Å². The Morgan fingerprint density at radius 1 is 0.875 bits per heavy atom. The predicted molar refractivity (Wildman–Crippen MR) is 125 cm³/mol. The molecule has 0 radical (unpaired) electrons. The average molecular weight is 445 g/mol. The number of nitrogens with one attached hydrogen (secondary N) is 1. The van der Waals surface area contributed by atoms with E-state index in [1.54, 1.807) is 18.6 Å².